The van der Waals surface area contributed by atoms with E-state index in [9.17, 15) is 5.26 Å². The summed E-state index contributed by atoms with van der Waals surface area (Å²) in [6.45, 7) is 4.55. The molecule has 3 aromatic carbocycles. The zero-order chi connectivity index (χ0) is 20.1. The van der Waals surface area contributed by atoms with Gasteiger partial charge in [-0.1, -0.05) is 51.8 Å². The molecule has 3 aromatic rings. The summed E-state index contributed by atoms with van der Waals surface area (Å²) in [6, 6.07) is 21.7. The highest BCUT2D eigenvalue weighted by Gasteiger charge is 2.08. The molecule has 28 heavy (non-hydrogen) atoms. The summed E-state index contributed by atoms with van der Waals surface area (Å²) in [5.41, 5.74) is 5.52. The maximum absolute atomic E-state index is 9.57. The number of benzene rings is 3. The minimum atomic E-state index is 0.510. The molecule has 0 bridgehead atoms. The van der Waals surface area contributed by atoms with Crippen molar-refractivity contribution in [2.24, 2.45) is 0 Å². The lowest BCUT2D eigenvalue weighted by Gasteiger charge is -2.14. The van der Waals surface area contributed by atoms with Crippen LogP contribution in [0.4, 0.5) is 0 Å². The van der Waals surface area contributed by atoms with Gasteiger partial charge in [0.2, 0.25) is 0 Å². The molecule has 0 saturated heterocycles. The van der Waals surface area contributed by atoms with Crippen molar-refractivity contribution in [3.05, 3.63) is 98.0 Å². The van der Waals surface area contributed by atoms with E-state index in [2.05, 4.69) is 22.0 Å². The SMILES string of the molecule is Cc1cc(/C=C(\C#N)c2cccc(Cl)c2)cc(C)c1OCc1ccc(Br)cc1. The van der Waals surface area contributed by atoms with E-state index < -0.39 is 0 Å². The van der Waals surface area contributed by atoms with E-state index in [0.29, 0.717) is 17.2 Å². The average Bonchev–Trinajstić information content (AvgIpc) is 2.67. The van der Waals surface area contributed by atoms with Crippen LogP contribution >= 0.6 is 27.5 Å². The number of hydrogen-bond donors (Lipinski definition) is 0. The highest BCUT2D eigenvalue weighted by Crippen LogP contribution is 2.28. The molecule has 0 aromatic heterocycles. The van der Waals surface area contributed by atoms with Crippen LogP contribution in [0.25, 0.3) is 11.6 Å². The molecule has 0 fully saturated rings. The zero-order valence-corrected chi connectivity index (χ0v) is 18.0. The Balaban J connectivity index is 1.84. The van der Waals surface area contributed by atoms with Gasteiger partial charge in [0.15, 0.2) is 0 Å². The number of hydrogen-bond acceptors (Lipinski definition) is 2. The largest absolute Gasteiger partial charge is 0.488 e. The van der Waals surface area contributed by atoms with Gasteiger partial charge in [-0.25, -0.2) is 0 Å². The normalized spacial score (nSPS) is 11.2. The lowest BCUT2D eigenvalue weighted by atomic mass is 10.0. The fraction of sp³-hybridized carbons (Fsp3) is 0.125. The van der Waals surface area contributed by atoms with Gasteiger partial charge < -0.3 is 4.74 Å². The van der Waals surface area contributed by atoms with Gasteiger partial charge >= 0.3 is 0 Å². The molecule has 3 rings (SSSR count). The second-order valence-electron chi connectivity index (χ2n) is 6.58. The van der Waals surface area contributed by atoms with Crippen LogP contribution in [0.5, 0.6) is 5.75 Å². The van der Waals surface area contributed by atoms with Crippen LogP contribution in [0.15, 0.2) is 65.1 Å². The van der Waals surface area contributed by atoms with Gasteiger partial charge in [-0.05, 0) is 84.1 Å². The molecule has 0 unspecified atom stereocenters. The molecule has 140 valence electrons. The zero-order valence-electron chi connectivity index (χ0n) is 15.7. The monoisotopic (exact) mass is 451 g/mol. The molecular weight excluding hydrogens is 434 g/mol. The number of allylic oxidation sites excluding steroid dienone is 1. The van der Waals surface area contributed by atoms with Gasteiger partial charge in [-0.3, -0.25) is 0 Å². The van der Waals surface area contributed by atoms with Crippen LogP contribution < -0.4 is 4.74 Å². The van der Waals surface area contributed by atoms with E-state index in [1.54, 1.807) is 12.1 Å². The maximum Gasteiger partial charge on any atom is 0.125 e. The first-order chi connectivity index (χ1) is 13.5. The third-order valence-electron chi connectivity index (χ3n) is 4.35. The first-order valence-electron chi connectivity index (χ1n) is 8.82. The van der Waals surface area contributed by atoms with Crippen LogP contribution in [0.1, 0.15) is 27.8 Å². The first kappa shape index (κ1) is 20.2. The van der Waals surface area contributed by atoms with E-state index >= 15 is 0 Å². The summed E-state index contributed by atoms with van der Waals surface area (Å²) in [4.78, 5) is 0. The second kappa shape index (κ2) is 9.10. The molecule has 0 spiro atoms. The second-order valence-corrected chi connectivity index (χ2v) is 7.93. The standard InChI is InChI=1S/C24H19BrClNO/c1-16-10-19(12-21(14-27)20-4-3-5-23(26)13-20)11-17(2)24(16)28-15-18-6-8-22(25)9-7-18/h3-13H,15H2,1-2H3/b21-12+. The first-order valence-corrected chi connectivity index (χ1v) is 9.99. The van der Waals surface area contributed by atoms with E-state index in [1.807, 2.05) is 68.5 Å². The molecule has 0 N–H and O–H groups in total. The molecule has 0 heterocycles. The van der Waals surface area contributed by atoms with E-state index in [1.165, 1.54) is 0 Å². The van der Waals surface area contributed by atoms with E-state index in [-0.39, 0.29) is 0 Å². The lowest BCUT2D eigenvalue weighted by Crippen LogP contribution is -1.99. The van der Waals surface area contributed by atoms with Crippen molar-refractivity contribution in [1.29, 1.82) is 5.26 Å². The number of nitrogens with zero attached hydrogens (tertiary/aromatic N) is 1. The number of aryl methyl sites for hydroxylation is 2. The number of halogens is 2. The van der Waals surface area contributed by atoms with Crippen LogP contribution in [0, 0.1) is 25.2 Å². The summed E-state index contributed by atoms with van der Waals surface area (Å²) in [5.74, 6) is 0.876. The summed E-state index contributed by atoms with van der Waals surface area (Å²) in [5, 5.41) is 10.2. The molecule has 4 heteroatoms. The van der Waals surface area contributed by atoms with Crippen molar-refractivity contribution in [3.63, 3.8) is 0 Å². The average molecular weight is 453 g/mol. The Morgan fingerprint density at radius 1 is 1.07 bits per heavy atom. The quantitative estimate of drug-likeness (QED) is 0.299. The van der Waals surface area contributed by atoms with Gasteiger partial charge in [0.25, 0.3) is 0 Å². The Morgan fingerprint density at radius 3 is 2.36 bits per heavy atom. The third-order valence-corrected chi connectivity index (χ3v) is 5.11. The van der Waals surface area contributed by atoms with E-state index in [0.717, 1.165) is 38.0 Å². The third kappa shape index (κ3) is 5.04. The predicted octanol–water partition coefficient (Wildman–Crippen LogP) is 7.36. The summed E-state index contributed by atoms with van der Waals surface area (Å²) < 4.78 is 7.11. The molecule has 0 radical (unpaired) electrons. The Labute approximate surface area is 179 Å². The lowest BCUT2D eigenvalue weighted by molar-refractivity contribution is 0.302. The molecule has 0 saturated carbocycles. The fourth-order valence-corrected chi connectivity index (χ4v) is 3.49. The maximum atomic E-state index is 9.57. The minimum absolute atomic E-state index is 0.510. The van der Waals surface area contributed by atoms with Crippen LogP contribution in [-0.2, 0) is 6.61 Å². The van der Waals surface area contributed by atoms with Crippen molar-refractivity contribution in [2.75, 3.05) is 0 Å². The number of nitriles is 1. The van der Waals surface area contributed by atoms with Crippen molar-refractivity contribution in [2.45, 2.75) is 20.5 Å². The Hall–Kier alpha value is -2.54. The molecular formula is C24H19BrClNO. The van der Waals surface area contributed by atoms with Gasteiger partial charge in [0.05, 0.1) is 11.6 Å². The van der Waals surface area contributed by atoms with Gasteiger partial charge in [0, 0.05) is 9.50 Å². The van der Waals surface area contributed by atoms with Crippen molar-refractivity contribution < 1.29 is 4.74 Å². The molecule has 0 amide bonds. The highest BCUT2D eigenvalue weighted by molar-refractivity contribution is 9.10. The molecule has 0 aliphatic heterocycles. The predicted molar refractivity (Wildman–Crippen MR) is 119 cm³/mol. The summed E-state index contributed by atoms with van der Waals surface area (Å²) in [6.07, 6.45) is 1.88. The number of rotatable bonds is 5. The van der Waals surface area contributed by atoms with Gasteiger partial charge in [0.1, 0.15) is 12.4 Å². The topological polar surface area (TPSA) is 33.0 Å². The van der Waals surface area contributed by atoms with Crippen molar-refractivity contribution in [1.82, 2.24) is 0 Å². The Kier molecular flexibility index (Phi) is 6.57. The van der Waals surface area contributed by atoms with Gasteiger partial charge in [-0.2, -0.15) is 5.26 Å². The number of ether oxygens (including phenoxy) is 1. The molecule has 0 aliphatic rings. The van der Waals surface area contributed by atoms with Crippen molar-refractivity contribution in [3.8, 4) is 11.8 Å². The van der Waals surface area contributed by atoms with Crippen LogP contribution in [-0.4, -0.2) is 0 Å². The Bertz CT molecular complexity index is 1040. The van der Waals surface area contributed by atoms with Crippen LogP contribution in [0.2, 0.25) is 5.02 Å². The Morgan fingerprint density at radius 2 is 1.75 bits per heavy atom. The fourth-order valence-electron chi connectivity index (χ4n) is 3.03. The smallest absolute Gasteiger partial charge is 0.125 e. The van der Waals surface area contributed by atoms with Crippen LogP contribution in [0.3, 0.4) is 0 Å². The summed E-state index contributed by atoms with van der Waals surface area (Å²) in [7, 11) is 0. The van der Waals surface area contributed by atoms with Gasteiger partial charge in [-0.15, -0.1) is 0 Å². The minimum Gasteiger partial charge on any atom is -0.488 e. The molecule has 0 aliphatic carbocycles. The highest BCUT2D eigenvalue weighted by atomic mass is 79.9. The molecule has 0 atom stereocenters. The van der Waals surface area contributed by atoms with Crippen molar-refractivity contribution >= 4 is 39.2 Å². The molecule has 2 nitrogen and oxygen atoms in total. The van der Waals surface area contributed by atoms with E-state index in [4.69, 9.17) is 16.3 Å². The summed E-state index contributed by atoms with van der Waals surface area (Å²) >= 11 is 9.50.